The van der Waals surface area contributed by atoms with Gasteiger partial charge in [-0.05, 0) is 12.8 Å². The molecular weight excluding hydrogens is 316 g/mol. The van der Waals surface area contributed by atoms with Gasteiger partial charge < -0.3 is 10.6 Å². The van der Waals surface area contributed by atoms with Gasteiger partial charge in [0.25, 0.3) is 0 Å². The Morgan fingerprint density at radius 1 is 1.45 bits per heavy atom. The van der Waals surface area contributed by atoms with Gasteiger partial charge in [0.2, 0.25) is 5.91 Å². The second-order valence-electron chi connectivity index (χ2n) is 5.01. The van der Waals surface area contributed by atoms with Crippen molar-refractivity contribution in [1.29, 1.82) is 0 Å². The van der Waals surface area contributed by atoms with Crippen LogP contribution in [0.1, 0.15) is 26.7 Å². The molecule has 1 fully saturated rings. The van der Waals surface area contributed by atoms with Crippen LogP contribution >= 0.6 is 24.0 Å². The van der Waals surface area contributed by atoms with Crippen LogP contribution in [0.25, 0.3) is 0 Å². The lowest BCUT2D eigenvalue weighted by molar-refractivity contribution is -0.139. The third-order valence-corrected chi connectivity index (χ3v) is 6.96. The maximum Gasteiger partial charge on any atom is 0.236 e. The molecule has 1 rings (SSSR count). The van der Waals surface area contributed by atoms with E-state index in [-0.39, 0.29) is 10.9 Å². The first kappa shape index (κ1) is 17.7. The highest BCUT2D eigenvalue weighted by atomic mass is 32.2. The summed E-state index contributed by atoms with van der Waals surface area (Å²) in [5.41, 5.74) is 4.85. The third-order valence-electron chi connectivity index (χ3n) is 3.93. The molecule has 2 N–H and O–H groups in total. The topological polar surface area (TPSA) is 80.5 Å². The van der Waals surface area contributed by atoms with E-state index in [0.29, 0.717) is 25.1 Å². The molecule has 20 heavy (non-hydrogen) atoms. The predicted molar refractivity (Wildman–Crippen MR) is 87.5 cm³/mol. The van der Waals surface area contributed by atoms with Crippen LogP contribution < -0.4 is 5.73 Å². The van der Waals surface area contributed by atoms with Gasteiger partial charge in [0.15, 0.2) is 9.84 Å². The molecular formula is C12H22N2O3S3. The predicted octanol–water partition coefficient (Wildman–Crippen LogP) is 1.03. The Hall–Kier alpha value is -0.340. The number of thioether (sulfide) groups is 1. The third kappa shape index (κ3) is 3.28. The SMILES string of the molecule is CCC(CC)(C(=O)N1CCSCC1S(C)(=O)=O)C(N)=S. The van der Waals surface area contributed by atoms with E-state index in [1.807, 2.05) is 13.8 Å². The number of hydrogen-bond donors (Lipinski definition) is 1. The Balaban J connectivity index is 3.18. The fourth-order valence-electron chi connectivity index (χ4n) is 2.45. The summed E-state index contributed by atoms with van der Waals surface area (Å²) < 4.78 is 23.8. The van der Waals surface area contributed by atoms with Crippen LogP contribution in [-0.4, -0.2) is 53.9 Å². The van der Waals surface area contributed by atoms with Crippen molar-refractivity contribution in [3.63, 3.8) is 0 Å². The van der Waals surface area contributed by atoms with Crippen molar-refractivity contribution in [3.8, 4) is 0 Å². The average Bonchev–Trinajstić information content (AvgIpc) is 2.39. The number of nitrogens with zero attached hydrogens (tertiary/aromatic N) is 1. The number of thiocarbonyl (C=S) groups is 1. The maximum atomic E-state index is 12.9. The first-order chi connectivity index (χ1) is 9.20. The molecule has 1 aliphatic heterocycles. The zero-order valence-corrected chi connectivity index (χ0v) is 14.5. The van der Waals surface area contributed by atoms with Gasteiger partial charge in [0.1, 0.15) is 5.37 Å². The molecule has 0 spiro atoms. The fourth-order valence-corrected chi connectivity index (χ4v) is 5.64. The summed E-state index contributed by atoms with van der Waals surface area (Å²) in [6.45, 7) is 4.13. The van der Waals surface area contributed by atoms with Crippen molar-refractivity contribution in [3.05, 3.63) is 0 Å². The van der Waals surface area contributed by atoms with Gasteiger partial charge in [0.05, 0.1) is 10.4 Å². The number of amides is 1. The molecule has 1 unspecified atom stereocenters. The highest BCUT2D eigenvalue weighted by molar-refractivity contribution is 8.00. The second kappa shape index (κ2) is 6.62. The molecule has 0 radical (unpaired) electrons. The second-order valence-corrected chi connectivity index (χ2v) is 8.80. The monoisotopic (exact) mass is 338 g/mol. The molecule has 1 atom stereocenters. The highest BCUT2D eigenvalue weighted by Crippen LogP contribution is 2.33. The van der Waals surface area contributed by atoms with Crippen LogP contribution in [0.2, 0.25) is 0 Å². The van der Waals surface area contributed by atoms with Gasteiger partial charge in [-0.3, -0.25) is 4.79 Å². The lowest BCUT2D eigenvalue weighted by atomic mass is 9.80. The fraction of sp³-hybridized carbons (Fsp3) is 0.833. The van der Waals surface area contributed by atoms with Crippen molar-refractivity contribution in [2.75, 3.05) is 24.3 Å². The van der Waals surface area contributed by atoms with E-state index in [0.717, 1.165) is 5.75 Å². The molecule has 0 aliphatic carbocycles. The minimum atomic E-state index is -3.32. The minimum Gasteiger partial charge on any atom is -0.392 e. The smallest absolute Gasteiger partial charge is 0.236 e. The number of rotatable bonds is 5. The van der Waals surface area contributed by atoms with Crippen LogP contribution in [0.5, 0.6) is 0 Å². The standard InChI is InChI=1S/C12H22N2O3S3/c1-4-12(5-2,10(13)18)11(15)14-6-7-19-8-9(14)20(3,16)17/h9H,4-8H2,1-3H3,(H2,13,18). The van der Waals surface area contributed by atoms with Crippen molar-refractivity contribution in [2.24, 2.45) is 11.1 Å². The number of nitrogens with two attached hydrogens (primary N) is 1. The quantitative estimate of drug-likeness (QED) is 0.754. The summed E-state index contributed by atoms with van der Waals surface area (Å²) in [7, 11) is -3.32. The van der Waals surface area contributed by atoms with E-state index < -0.39 is 20.6 Å². The molecule has 0 saturated carbocycles. The molecule has 0 aromatic carbocycles. The van der Waals surface area contributed by atoms with Crippen LogP contribution in [0.4, 0.5) is 0 Å². The van der Waals surface area contributed by atoms with Crippen LogP contribution in [0.15, 0.2) is 0 Å². The van der Waals surface area contributed by atoms with Crippen LogP contribution in [0.3, 0.4) is 0 Å². The minimum absolute atomic E-state index is 0.151. The van der Waals surface area contributed by atoms with Crippen molar-refractivity contribution >= 4 is 44.7 Å². The van der Waals surface area contributed by atoms with Crippen molar-refractivity contribution in [2.45, 2.75) is 32.1 Å². The Kier molecular flexibility index (Phi) is 5.86. The molecule has 1 aliphatic rings. The summed E-state index contributed by atoms with van der Waals surface area (Å²) in [5, 5.41) is -0.777. The summed E-state index contributed by atoms with van der Waals surface area (Å²) in [4.78, 5) is 14.5. The molecule has 116 valence electrons. The Labute approximate surface area is 130 Å². The van der Waals surface area contributed by atoms with E-state index in [2.05, 4.69) is 0 Å². The van der Waals surface area contributed by atoms with Crippen LogP contribution in [-0.2, 0) is 14.6 Å². The molecule has 0 aromatic rings. The molecule has 0 aromatic heterocycles. The van der Waals surface area contributed by atoms with E-state index in [9.17, 15) is 13.2 Å². The largest absolute Gasteiger partial charge is 0.392 e. The van der Waals surface area contributed by atoms with E-state index in [1.54, 1.807) is 11.8 Å². The van der Waals surface area contributed by atoms with E-state index >= 15 is 0 Å². The number of sulfone groups is 1. The van der Waals surface area contributed by atoms with Gasteiger partial charge >= 0.3 is 0 Å². The summed E-state index contributed by atoms with van der Waals surface area (Å²) in [6, 6.07) is 0. The molecule has 1 saturated heterocycles. The molecule has 5 nitrogen and oxygen atoms in total. The summed E-state index contributed by atoms with van der Waals surface area (Å²) in [5.74, 6) is 0.898. The summed E-state index contributed by atoms with van der Waals surface area (Å²) in [6.07, 6.45) is 2.14. The van der Waals surface area contributed by atoms with E-state index in [1.165, 1.54) is 11.2 Å². The first-order valence-corrected chi connectivity index (χ1v) is 10.1. The Bertz CT molecular complexity index is 486. The lowest BCUT2D eigenvalue weighted by Crippen LogP contribution is -2.57. The zero-order chi connectivity index (χ0) is 15.6. The van der Waals surface area contributed by atoms with Crippen molar-refractivity contribution in [1.82, 2.24) is 4.90 Å². The van der Waals surface area contributed by atoms with Gasteiger partial charge in [0, 0.05) is 24.3 Å². The van der Waals surface area contributed by atoms with Crippen LogP contribution in [0, 0.1) is 5.41 Å². The first-order valence-electron chi connectivity index (χ1n) is 6.58. The molecule has 1 amide bonds. The van der Waals surface area contributed by atoms with Gasteiger partial charge in [-0.15, -0.1) is 0 Å². The summed E-state index contributed by atoms with van der Waals surface area (Å²) >= 11 is 6.63. The number of hydrogen-bond acceptors (Lipinski definition) is 5. The highest BCUT2D eigenvalue weighted by Gasteiger charge is 2.45. The van der Waals surface area contributed by atoms with E-state index in [4.69, 9.17) is 18.0 Å². The Morgan fingerprint density at radius 2 is 2.00 bits per heavy atom. The Morgan fingerprint density at radius 3 is 2.40 bits per heavy atom. The molecule has 8 heteroatoms. The number of carbonyl (C=O) groups excluding carboxylic acids is 1. The number of carbonyl (C=O) groups is 1. The van der Waals surface area contributed by atoms with Gasteiger partial charge in [-0.25, -0.2) is 8.42 Å². The normalized spacial score (nSPS) is 20.8. The maximum absolute atomic E-state index is 12.9. The van der Waals surface area contributed by atoms with Gasteiger partial charge in [-0.2, -0.15) is 11.8 Å². The van der Waals surface area contributed by atoms with Gasteiger partial charge in [-0.1, -0.05) is 26.1 Å². The zero-order valence-electron chi connectivity index (χ0n) is 12.1. The lowest BCUT2D eigenvalue weighted by Gasteiger charge is -2.40. The molecule has 0 bridgehead atoms. The van der Waals surface area contributed by atoms with Crippen molar-refractivity contribution < 1.29 is 13.2 Å². The average molecular weight is 339 g/mol. The molecule has 1 heterocycles.